The van der Waals surface area contributed by atoms with E-state index in [-0.39, 0.29) is 0 Å². The second-order valence-electron chi connectivity index (χ2n) is 2.70. The van der Waals surface area contributed by atoms with E-state index in [4.69, 9.17) is 0 Å². The van der Waals surface area contributed by atoms with Crippen LogP contribution in [0.3, 0.4) is 0 Å². The third-order valence-electron chi connectivity index (χ3n) is 1.92. The van der Waals surface area contributed by atoms with Crippen molar-refractivity contribution in [2.24, 2.45) is 9.98 Å². The van der Waals surface area contributed by atoms with Crippen molar-refractivity contribution in [2.45, 2.75) is 5.66 Å². The van der Waals surface area contributed by atoms with Crippen LogP contribution < -0.4 is 0 Å². The van der Waals surface area contributed by atoms with Crippen LogP contribution in [0, 0.1) is 0 Å². The van der Waals surface area contributed by atoms with E-state index < -0.39 is 5.66 Å². The molecule has 0 amide bonds. The maximum absolute atomic E-state index is 10.3. The number of nitrogens with zero attached hydrogens (tertiary/aromatic N) is 2. The van der Waals surface area contributed by atoms with Crippen molar-refractivity contribution in [3.05, 3.63) is 48.6 Å². The Balaban J connectivity index is 3.40. The summed E-state index contributed by atoms with van der Waals surface area (Å²) in [5.41, 5.74) is -0.836. The smallest absolute Gasteiger partial charge is 0.211 e. The molecule has 0 saturated carbocycles. The maximum Gasteiger partial charge on any atom is 0.238 e. The van der Waals surface area contributed by atoms with Crippen molar-refractivity contribution >= 4 is 12.2 Å². The van der Waals surface area contributed by atoms with Gasteiger partial charge in [0.05, 0.1) is 0 Å². The Morgan fingerprint density at radius 3 is 2.07 bits per heavy atom. The van der Waals surface area contributed by atoms with Gasteiger partial charge in [0.25, 0.3) is 0 Å². The van der Waals surface area contributed by atoms with E-state index >= 15 is 0 Å². The van der Waals surface area contributed by atoms with E-state index in [0.717, 1.165) is 0 Å². The van der Waals surface area contributed by atoms with Crippen LogP contribution in [0.15, 0.2) is 53.0 Å². The van der Waals surface area contributed by atoms with Crippen LogP contribution in [0.25, 0.3) is 0 Å². The Hall–Kier alpha value is -2.28. The lowest BCUT2D eigenvalue weighted by molar-refractivity contribution is 0.525. The van der Waals surface area contributed by atoms with E-state index in [1.54, 1.807) is 30.3 Å². The van der Waals surface area contributed by atoms with Crippen molar-refractivity contribution in [3.63, 3.8) is 0 Å². The molecule has 4 nitrogen and oxygen atoms in total. The number of carbonyl (C=O) groups excluding carboxylic acids is 2. The van der Waals surface area contributed by atoms with E-state index in [9.17, 15) is 9.59 Å². The van der Waals surface area contributed by atoms with Crippen molar-refractivity contribution in [1.82, 2.24) is 0 Å². The average Bonchev–Trinajstić information content (AvgIpc) is 2.30. The van der Waals surface area contributed by atoms with Crippen LogP contribution in [0.4, 0.5) is 0 Å². The Labute approximate surface area is 86.7 Å². The molecule has 0 aliphatic rings. The zero-order valence-electron chi connectivity index (χ0n) is 7.88. The maximum atomic E-state index is 10.3. The molecule has 0 fully saturated rings. The van der Waals surface area contributed by atoms with Gasteiger partial charge < -0.3 is 0 Å². The summed E-state index contributed by atoms with van der Waals surface area (Å²) >= 11 is 0. The first-order valence-electron chi connectivity index (χ1n) is 4.16. The minimum absolute atomic E-state index is 0.562. The fraction of sp³-hybridized carbons (Fsp3) is 0.0909. The van der Waals surface area contributed by atoms with Crippen LogP contribution in [-0.4, -0.2) is 12.2 Å². The zero-order chi connectivity index (χ0) is 11.1. The molecule has 0 radical (unpaired) electrons. The van der Waals surface area contributed by atoms with Gasteiger partial charge in [-0.2, -0.15) is 9.98 Å². The Morgan fingerprint density at radius 2 is 1.67 bits per heavy atom. The molecule has 15 heavy (non-hydrogen) atoms. The Bertz CT molecular complexity index is 423. The molecule has 0 spiro atoms. The third-order valence-corrected chi connectivity index (χ3v) is 1.92. The van der Waals surface area contributed by atoms with Crippen molar-refractivity contribution in [1.29, 1.82) is 0 Å². The summed E-state index contributed by atoms with van der Waals surface area (Å²) < 4.78 is 0. The second-order valence-corrected chi connectivity index (χ2v) is 2.70. The molecule has 1 aromatic rings. The molecule has 0 aromatic heterocycles. The molecule has 74 valence electrons. The summed E-state index contributed by atoms with van der Waals surface area (Å²) in [4.78, 5) is 27.6. The number of benzene rings is 1. The number of aliphatic imine (C=N–C) groups is 2. The van der Waals surface area contributed by atoms with Gasteiger partial charge in [-0.05, 0) is 6.08 Å². The molecular weight excluding hydrogens is 192 g/mol. The highest BCUT2D eigenvalue weighted by Crippen LogP contribution is 2.27. The van der Waals surface area contributed by atoms with Gasteiger partial charge in [-0.1, -0.05) is 36.9 Å². The quantitative estimate of drug-likeness (QED) is 0.422. The summed E-state index contributed by atoms with van der Waals surface area (Å²) in [7, 11) is 0. The van der Waals surface area contributed by atoms with Crippen LogP contribution in [-0.2, 0) is 15.3 Å². The highest BCUT2D eigenvalue weighted by molar-refractivity contribution is 5.44. The summed E-state index contributed by atoms with van der Waals surface area (Å²) in [5, 5.41) is 0. The van der Waals surface area contributed by atoms with Crippen LogP contribution in [0.2, 0.25) is 0 Å². The van der Waals surface area contributed by atoms with Crippen LogP contribution >= 0.6 is 0 Å². The lowest BCUT2D eigenvalue weighted by atomic mass is 10.0. The molecule has 0 unspecified atom stereocenters. The second kappa shape index (κ2) is 4.82. The highest BCUT2D eigenvalue weighted by Gasteiger charge is 2.27. The first-order chi connectivity index (χ1) is 7.29. The molecular formula is C11H8N2O2. The summed E-state index contributed by atoms with van der Waals surface area (Å²) in [5.74, 6) is 0. The molecule has 0 bridgehead atoms. The molecule has 0 atom stereocenters. The molecule has 1 aromatic carbocycles. The summed E-state index contributed by atoms with van der Waals surface area (Å²) in [6.45, 7) is 3.50. The highest BCUT2D eigenvalue weighted by atomic mass is 16.1. The fourth-order valence-corrected chi connectivity index (χ4v) is 1.19. The van der Waals surface area contributed by atoms with Crippen LogP contribution in [0.1, 0.15) is 5.56 Å². The van der Waals surface area contributed by atoms with Gasteiger partial charge >= 0.3 is 0 Å². The lowest BCUT2D eigenvalue weighted by Gasteiger charge is -2.17. The average molecular weight is 200 g/mol. The zero-order valence-corrected chi connectivity index (χ0v) is 7.88. The van der Waals surface area contributed by atoms with Gasteiger partial charge in [0.1, 0.15) is 0 Å². The summed E-state index contributed by atoms with van der Waals surface area (Å²) in [6.07, 6.45) is 4.04. The minimum atomic E-state index is -1.40. The monoisotopic (exact) mass is 200 g/mol. The van der Waals surface area contributed by atoms with Crippen molar-refractivity contribution in [3.8, 4) is 0 Å². The Morgan fingerprint density at radius 1 is 1.13 bits per heavy atom. The van der Waals surface area contributed by atoms with Gasteiger partial charge in [-0.3, -0.25) is 0 Å². The number of hydrogen-bond acceptors (Lipinski definition) is 4. The van der Waals surface area contributed by atoms with Gasteiger partial charge in [0, 0.05) is 5.56 Å². The van der Waals surface area contributed by atoms with Gasteiger partial charge in [-0.25, -0.2) is 9.59 Å². The number of hydrogen-bond donors (Lipinski definition) is 0. The minimum Gasteiger partial charge on any atom is -0.211 e. The lowest BCUT2D eigenvalue weighted by Crippen LogP contribution is -2.17. The van der Waals surface area contributed by atoms with E-state index in [1.165, 1.54) is 18.2 Å². The van der Waals surface area contributed by atoms with Gasteiger partial charge in [-0.15, -0.1) is 0 Å². The molecule has 0 aliphatic heterocycles. The standard InChI is InChI=1S/C11H8N2O2/c1-2-11(12-8-14,13-9-15)10-6-4-3-5-7-10/h2-7H,1H2. The summed E-state index contributed by atoms with van der Waals surface area (Å²) in [6, 6.07) is 8.65. The first-order valence-corrected chi connectivity index (χ1v) is 4.16. The van der Waals surface area contributed by atoms with Crippen molar-refractivity contribution in [2.75, 3.05) is 0 Å². The Kier molecular flexibility index (Phi) is 3.47. The van der Waals surface area contributed by atoms with Gasteiger partial charge in [0.15, 0.2) is 0 Å². The first kappa shape index (κ1) is 10.8. The SMILES string of the molecule is C=CC(N=C=O)(N=C=O)c1ccccc1. The van der Waals surface area contributed by atoms with E-state index in [2.05, 4.69) is 16.6 Å². The van der Waals surface area contributed by atoms with Crippen molar-refractivity contribution < 1.29 is 9.59 Å². The van der Waals surface area contributed by atoms with E-state index in [0.29, 0.717) is 5.56 Å². The molecule has 1 rings (SSSR count). The predicted molar refractivity (Wildman–Crippen MR) is 54.6 cm³/mol. The number of rotatable bonds is 4. The molecule has 0 N–H and O–H groups in total. The number of isocyanates is 2. The molecule has 0 aliphatic carbocycles. The normalized spacial score (nSPS) is 12.8. The van der Waals surface area contributed by atoms with Crippen LogP contribution in [0.5, 0.6) is 0 Å². The molecule has 0 heterocycles. The topological polar surface area (TPSA) is 58.9 Å². The predicted octanol–water partition coefficient (Wildman–Crippen LogP) is 1.70. The molecule has 4 heteroatoms. The van der Waals surface area contributed by atoms with Gasteiger partial charge in [0.2, 0.25) is 17.8 Å². The largest absolute Gasteiger partial charge is 0.238 e. The van der Waals surface area contributed by atoms with E-state index in [1.807, 2.05) is 0 Å². The molecule has 0 saturated heterocycles. The fourth-order valence-electron chi connectivity index (χ4n) is 1.19. The third kappa shape index (κ3) is 2.15.